The first kappa shape index (κ1) is 16.5. The number of ether oxygens (including phenoxy) is 1. The molecule has 2 rings (SSSR count). The standard InChI is InChI=1S/C16H21N3O2S/c1-4-21-16(20)12-7-5-9-17-15(12)18-11-13(19(2)3)14-8-6-10-22-14/h5-10,13H,4,11H2,1-3H3,(H,17,18)/t13-/m1/s1. The minimum absolute atomic E-state index is 0.219. The van der Waals surface area contributed by atoms with Crippen LogP contribution in [0.5, 0.6) is 0 Å². The number of likely N-dealkylation sites (N-methyl/N-ethyl adjacent to an activating group) is 1. The number of rotatable bonds is 7. The number of thiophene rings is 1. The number of carbonyl (C=O) groups excluding carboxylic acids is 1. The molecule has 0 unspecified atom stereocenters. The van der Waals surface area contributed by atoms with Gasteiger partial charge >= 0.3 is 5.97 Å². The Morgan fingerprint density at radius 3 is 2.86 bits per heavy atom. The molecule has 0 aliphatic rings. The van der Waals surface area contributed by atoms with Crippen LogP contribution in [0.3, 0.4) is 0 Å². The molecule has 118 valence electrons. The lowest BCUT2D eigenvalue weighted by Gasteiger charge is -2.24. The second-order valence-corrected chi connectivity index (χ2v) is 5.98. The second kappa shape index (κ2) is 7.91. The number of hydrogen-bond acceptors (Lipinski definition) is 6. The summed E-state index contributed by atoms with van der Waals surface area (Å²) in [5.74, 6) is 0.208. The van der Waals surface area contributed by atoms with Crippen LogP contribution in [-0.4, -0.2) is 43.1 Å². The van der Waals surface area contributed by atoms with E-state index < -0.39 is 0 Å². The van der Waals surface area contributed by atoms with E-state index in [-0.39, 0.29) is 12.0 Å². The highest BCUT2D eigenvalue weighted by atomic mass is 32.1. The van der Waals surface area contributed by atoms with Gasteiger partial charge in [0.1, 0.15) is 11.4 Å². The molecular weight excluding hydrogens is 298 g/mol. The predicted molar refractivity (Wildman–Crippen MR) is 89.4 cm³/mol. The number of esters is 1. The maximum absolute atomic E-state index is 12.0. The van der Waals surface area contributed by atoms with E-state index in [2.05, 4.69) is 26.6 Å². The molecule has 2 aromatic rings. The maximum atomic E-state index is 12.0. The van der Waals surface area contributed by atoms with E-state index in [0.717, 1.165) is 0 Å². The number of hydrogen-bond donors (Lipinski definition) is 1. The topological polar surface area (TPSA) is 54.5 Å². The van der Waals surface area contributed by atoms with Crippen LogP contribution in [0.15, 0.2) is 35.8 Å². The summed E-state index contributed by atoms with van der Waals surface area (Å²) >= 11 is 1.72. The van der Waals surface area contributed by atoms with Crippen LogP contribution in [0.2, 0.25) is 0 Å². The highest BCUT2D eigenvalue weighted by Gasteiger charge is 2.18. The molecule has 0 radical (unpaired) electrons. The normalized spacial score (nSPS) is 12.2. The Labute approximate surface area is 134 Å². The molecule has 0 fully saturated rings. The Bertz CT molecular complexity index is 599. The third kappa shape index (κ3) is 4.05. The van der Waals surface area contributed by atoms with Gasteiger partial charge in [0.2, 0.25) is 0 Å². The van der Waals surface area contributed by atoms with Gasteiger partial charge in [0.15, 0.2) is 0 Å². The van der Waals surface area contributed by atoms with E-state index >= 15 is 0 Å². The van der Waals surface area contributed by atoms with Crippen molar-refractivity contribution in [3.8, 4) is 0 Å². The van der Waals surface area contributed by atoms with Crippen molar-refractivity contribution in [2.75, 3.05) is 32.6 Å². The molecule has 6 heteroatoms. The lowest BCUT2D eigenvalue weighted by atomic mass is 10.2. The number of anilines is 1. The van der Waals surface area contributed by atoms with Crippen molar-refractivity contribution in [3.63, 3.8) is 0 Å². The minimum Gasteiger partial charge on any atom is -0.462 e. The number of nitrogens with one attached hydrogen (secondary N) is 1. The Hall–Kier alpha value is -1.92. The van der Waals surface area contributed by atoms with Crippen molar-refractivity contribution >= 4 is 23.1 Å². The van der Waals surface area contributed by atoms with E-state index in [9.17, 15) is 4.79 Å². The molecule has 22 heavy (non-hydrogen) atoms. The minimum atomic E-state index is -0.351. The summed E-state index contributed by atoms with van der Waals surface area (Å²) in [6.07, 6.45) is 1.67. The van der Waals surface area contributed by atoms with E-state index in [4.69, 9.17) is 4.74 Å². The lowest BCUT2D eigenvalue weighted by Crippen LogP contribution is -2.27. The summed E-state index contributed by atoms with van der Waals surface area (Å²) < 4.78 is 5.07. The zero-order valence-electron chi connectivity index (χ0n) is 13.1. The first-order valence-corrected chi connectivity index (χ1v) is 8.07. The van der Waals surface area contributed by atoms with Crippen LogP contribution in [0.25, 0.3) is 0 Å². The highest BCUT2D eigenvalue weighted by molar-refractivity contribution is 7.10. The van der Waals surface area contributed by atoms with Gasteiger partial charge in [-0.15, -0.1) is 11.3 Å². The smallest absolute Gasteiger partial charge is 0.341 e. The summed E-state index contributed by atoms with van der Waals surface area (Å²) in [4.78, 5) is 19.6. The van der Waals surface area contributed by atoms with Gasteiger partial charge in [0.25, 0.3) is 0 Å². The molecule has 1 atom stereocenters. The predicted octanol–water partition coefficient (Wildman–Crippen LogP) is 3.03. The molecular formula is C16H21N3O2S. The van der Waals surface area contributed by atoms with Crippen LogP contribution < -0.4 is 5.32 Å². The SMILES string of the molecule is CCOC(=O)c1cccnc1NC[C@H](c1cccs1)N(C)C. The Balaban J connectivity index is 2.12. The molecule has 5 nitrogen and oxygen atoms in total. The van der Waals surface area contributed by atoms with Gasteiger partial charge in [-0.2, -0.15) is 0 Å². The number of nitrogens with zero attached hydrogens (tertiary/aromatic N) is 2. The molecule has 0 saturated heterocycles. The van der Waals surface area contributed by atoms with Gasteiger partial charge in [0.05, 0.1) is 12.6 Å². The van der Waals surface area contributed by atoms with Gasteiger partial charge in [0, 0.05) is 17.6 Å². The monoisotopic (exact) mass is 319 g/mol. The fraction of sp³-hybridized carbons (Fsp3) is 0.375. The second-order valence-electron chi connectivity index (χ2n) is 5.00. The molecule has 0 amide bonds. The molecule has 0 aliphatic carbocycles. The van der Waals surface area contributed by atoms with Crippen molar-refractivity contribution < 1.29 is 9.53 Å². The van der Waals surface area contributed by atoms with Crippen molar-refractivity contribution in [1.29, 1.82) is 0 Å². The lowest BCUT2D eigenvalue weighted by molar-refractivity contribution is 0.0527. The fourth-order valence-electron chi connectivity index (χ4n) is 2.13. The molecule has 0 aliphatic heterocycles. The Morgan fingerprint density at radius 2 is 2.23 bits per heavy atom. The Morgan fingerprint density at radius 1 is 1.41 bits per heavy atom. The van der Waals surface area contributed by atoms with Gasteiger partial charge in [-0.25, -0.2) is 9.78 Å². The molecule has 0 aromatic carbocycles. The van der Waals surface area contributed by atoms with E-state index in [1.165, 1.54) is 4.88 Å². The summed E-state index contributed by atoms with van der Waals surface area (Å²) in [6.45, 7) is 2.81. The third-order valence-electron chi connectivity index (χ3n) is 3.26. The molecule has 2 heterocycles. The van der Waals surface area contributed by atoms with Crippen LogP contribution >= 0.6 is 11.3 Å². The Kier molecular flexibility index (Phi) is 5.91. The number of carbonyl (C=O) groups is 1. The first-order chi connectivity index (χ1) is 10.6. The van der Waals surface area contributed by atoms with Crippen LogP contribution in [0, 0.1) is 0 Å². The van der Waals surface area contributed by atoms with Crippen molar-refractivity contribution in [2.45, 2.75) is 13.0 Å². The quantitative estimate of drug-likeness (QED) is 0.795. The van der Waals surface area contributed by atoms with Crippen LogP contribution in [0.1, 0.15) is 28.2 Å². The fourth-order valence-corrected chi connectivity index (χ4v) is 3.05. The largest absolute Gasteiger partial charge is 0.462 e. The molecule has 0 spiro atoms. The average molecular weight is 319 g/mol. The van der Waals surface area contributed by atoms with Crippen molar-refractivity contribution in [2.24, 2.45) is 0 Å². The summed E-state index contributed by atoms with van der Waals surface area (Å²) in [5, 5.41) is 5.34. The van der Waals surface area contributed by atoms with Gasteiger partial charge < -0.3 is 15.0 Å². The molecule has 2 aromatic heterocycles. The van der Waals surface area contributed by atoms with Gasteiger partial charge in [-0.05, 0) is 44.6 Å². The number of pyridine rings is 1. The first-order valence-electron chi connectivity index (χ1n) is 7.19. The third-order valence-corrected chi connectivity index (χ3v) is 4.23. The average Bonchev–Trinajstić information content (AvgIpc) is 3.02. The zero-order chi connectivity index (χ0) is 15.9. The highest BCUT2D eigenvalue weighted by Crippen LogP contribution is 2.24. The van der Waals surface area contributed by atoms with Gasteiger partial charge in [-0.3, -0.25) is 0 Å². The van der Waals surface area contributed by atoms with E-state index in [1.807, 2.05) is 20.2 Å². The van der Waals surface area contributed by atoms with E-state index in [0.29, 0.717) is 24.5 Å². The molecule has 0 saturated carbocycles. The van der Waals surface area contributed by atoms with Gasteiger partial charge in [-0.1, -0.05) is 6.07 Å². The van der Waals surface area contributed by atoms with Crippen molar-refractivity contribution in [1.82, 2.24) is 9.88 Å². The zero-order valence-corrected chi connectivity index (χ0v) is 13.9. The molecule has 1 N–H and O–H groups in total. The summed E-state index contributed by atoms with van der Waals surface area (Å²) in [5.41, 5.74) is 0.466. The van der Waals surface area contributed by atoms with Crippen LogP contribution in [-0.2, 0) is 4.74 Å². The van der Waals surface area contributed by atoms with Crippen LogP contribution in [0.4, 0.5) is 5.82 Å². The summed E-state index contributed by atoms with van der Waals surface area (Å²) in [6, 6.07) is 7.84. The molecule has 0 bridgehead atoms. The maximum Gasteiger partial charge on any atom is 0.341 e. The van der Waals surface area contributed by atoms with Crippen molar-refractivity contribution in [3.05, 3.63) is 46.3 Å². The summed E-state index contributed by atoms with van der Waals surface area (Å²) in [7, 11) is 4.08. The number of aromatic nitrogens is 1. The van der Waals surface area contributed by atoms with E-state index in [1.54, 1.807) is 36.6 Å².